The van der Waals surface area contributed by atoms with Crippen molar-refractivity contribution >= 4 is 34.2 Å². The molecular formula is C27H26N6O6. The van der Waals surface area contributed by atoms with E-state index >= 15 is 0 Å². The van der Waals surface area contributed by atoms with Crippen molar-refractivity contribution in [3.05, 3.63) is 60.7 Å². The molecule has 0 radical (unpaired) electrons. The number of ether oxygens (including phenoxy) is 4. The molecule has 0 saturated heterocycles. The van der Waals surface area contributed by atoms with E-state index in [1.54, 1.807) is 56.9 Å². The molecule has 1 aliphatic rings. The molecule has 0 saturated carbocycles. The van der Waals surface area contributed by atoms with Crippen molar-refractivity contribution < 1.29 is 28.5 Å². The average molecular weight is 531 g/mol. The summed E-state index contributed by atoms with van der Waals surface area (Å²) in [6.07, 6.45) is 6.76. The Labute approximate surface area is 223 Å². The molecule has 12 heteroatoms. The Morgan fingerprint density at radius 1 is 1.08 bits per heavy atom. The smallest absolute Gasteiger partial charge is 0.281 e. The van der Waals surface area contributed by atoms with Crippen molar-refractivity contribution in [1.82, 2.24) is 25.1 Å². The standard InChI is InChI=1S/C27H26N6O6/c1-4-38-23-15-33(16-7-9-29-25(34)11-16)32-26(23)27(35)31-24-6-5-17(14-30-24)39-20-8-10-28-19-13-22(37-3)21(36-2)12-18(19)20/h5-6,8,10-15H,4,7,9H2,1-3H3,(H,29,34)(H,30,31,35). The van der Waals surface area contributed by atoms with Crippen molar-refractivity contribution in [2.24, 2.45) is 0 Å². The molecule has 0 aliphatic carbocycles. The highest BCUT2D eigenvalue weighted by Crippen LogP contribution is 2.36. The molecule has 2 N–H and O–H groups in total. The lowest BCUT2D eigenvalue weighted by atomic mass is 10.2. The SMILES string of the molecule is CCOc1cn(C2=CC(=O)NCC2)nc1C(=O)Nc1ccc(Oc2ccnc3cc(OC)c(OC)cc23)cn1. The maximum absolute atomic E-state index is 13.0. The molecule has 200 valence electrons. The van der Waals surface area contributed by atoms with E-state index in [9.17, 15) is 9.59 Å². The van der Waals surface area contributed by atoms with Crippen LogP contribution in [0.5, 0.6) is 28.7 Å². The van der Waals surface area contributed by atoms with Gasteiger partial charge < -0.3 is 29.6 Å². The summed E-state index contributed by atoms with van der Waals surface area (Å²) in [6.45, 7) is 2.65. The summed E-state index contributed by atoms with van der Waals surface area (Å²) >= 11 is 0. The Morgan fingerprint density at radius 2 is 1.90 bits per heavy atom. The molecule has 1 aromatic carbocycles. The maximum Gasteiger partial charge on any atom is 0.281 e. The summed E-state index contributed by atoms with van der Waals surface area (Å²) in [5.74, 6) is 2.02. The van der Waals surface area contributed by atoms with Gasteiger partial charge in [0, 0.05) is 42.4 Å². The number of hydrogen-bond acceptors (Lipinski definition) is 9. The summed E-state index contributed by atoms with van der Waals surface area (Å²) < 4.78 is 23.9. The zero-order valence-corrected chi connectivity index (χ0v) is 21.6. The number of methoxy groups -OCH3 is 2. The second-order valence-corrected chi connectivity index (χ2v) is 8.36. The molecule has 0 fully saturated rings. The second kappa shape index (κ2) is 11.1. The van der Waals surface area contributed by atoms with E-state index in [2.05, 4.69) is 25.7 Å². The minimum Gasteiger partial charge on any atom is -0.493 e. The topological polar surface area (TPSA) is 139 Å². The average Bonchev–Trinajstić information content (AvgIpc) is 3.38. The fourth-order valence-corrected chi connectivity index (χ4v) is 4.05. The van der Waals surface area contributed by atoms with E-state index in [4.69, 9.17) is 18.9 Å². The number of fused-ring (bicyclic) bond motifs is 1. The van der Waals surface area contributed by atoms with Gasteiger partial charge in [0.25, 0.3) is 5.91 Å². The van der Waals surface area contributed by atoms with Gasteiger partial charge in [-0.2, -0.15) is 5.10 Å². The predicted molar refractivity (Wildman–Crippen MR) is 142 cm³/mol. The number of carbonyl (C=O) groups is 2. The quantitative estimate of drug-likeness (QED) is 0.332. The minimum atomic E-state index is -0.500. The van der Waals surface area contributed by atoms with Gasteiger partial charge >= 0.3 is 0 Å². The highest BCUT2D eigenvalue weighted by molar-refractivity contribution is 6.04. The largest absolute Gasteiger partial charge is 0.493 e. The first-order valence-electron chi connectivity index (χ1n) is 12.2. The first kappa shape index (κ1) is 25.5. The summed E-state index contributed by atoms with van der Waals surface area (Å²) in [5.41, 5.74) is 1.42. The van der Waals surface area contributed by atoms with Crippen LogP contribution in [0.2, 0.25) is 0 Å². The number of amides is 2. The summed E-state index contributed by atoms with van der Waals surface area (Å²) in [7, 11) is 3.12. The van der Waals surface area contributed by atoms with Crippen LogP contribution in [-0.4, -0.2) is 58.9 Å². The number of aromatic nitrogens is 4. The molecule has 0 unspecified atom stereocenters. The van der Waals surface area contributed by atoms with E-state index in [1.807, 2.05) is 6.92 Å². The Balaban J connectivity index is 1.33. The van der Waals surface area contributed by atoms with Crippen molar-refractivity contribution in [3.8, 4) is 28.7 Å². The van der Waals surface area contributed by atoms with Crippen molar-refractivity contribution in [1.29, 1.82) is 0 Å². The van der Waals surface area contributed by atoms with Crippen molar-refractivity contribution in [2.45, 2.75) is 13.3 Å². The lowest BCUT2D eigenvalue weighted by Gasteiger charge is -2.13. The van der Waals surface area contributed by atoms with E-state index < -0.39 is 5.91 Å². The lowest BCUT2D eigenvalue weighted by Crippen LogP contribution is -2.28. The Bertz CT molecular complexity index is 1560. The number of rotatable bonds is 9. The zero-order valence-electron chi connectivity index (χ0n) is 21.6. The minimum absolute atomic E-state index is 0.0819. The van der Waals surface area contributed by atoms with Crippen LogP contribution >= 0.6 is 0 Å². The van der Waals surface area contributed by atoms with Gasteiger partial charge in [0.15, 0.2) is 22.9 Å². The number of pyridine rings is 2. The first-order valence-corrected chi connectivity index (χ1v) is 12.2. The number of benzene rings is 1. The van der Waals surface area contributed by atoms with Gasteiger partial charge in [-0.15, -0.1) is 0 Å². The third-order valence-corrected chi connectivity index (χ3v) is 5.88. The van der Waals surface area contributed by atoms with Crippen LogP contribution in [0.25, 0.3) is 16.6 Å². The van der Waals surface area contributed by atoms with Crippen molar-refractivity contribution in [2.75, 3.05) is 32.7 Å². The molecule has 39 heavy (non-hydrogen) atoms. The van der Waals surface area contributed by atoms with E-state index in [1.165, 1.54) is 17.0 Å². The number of hydrogen-bond donors (Lipinski definition) is 2. The molecule has 0 spiro atoms. The normalized spacial score (nSPS) is 12.9. The zero-order chi connectivity index (χ0) is 27.4. The van der Waals surface area contributed by atoms with E-state index in [-0.39, 0.29) is 11.6 Å². The third kappa shape index (κ3) is 5.44. The monoisotopic (exact) mass is 530 g/mol. The Kier molecular flexibility index (Phi) is 7.26. The fourth-order valence-electron chi connectivity index (χ4n) is 4.05. The molecular weight excluding hydrogens is 504 g/mol. The molecule has 1 aliphatic heterocycles. The van der Waals surface area contributed by atoms with Crippen LogP contribution in [0.3, 0.4) is 0 Å². The van der Waals surface area contributed by atoms with Gasteiger partial charge in [-0.1, -0.05) is 0 Å². The van der Waals surface area contributed by atoms with Gasteiger partial charge in [0.2, 0.25) is 5.91 Å². The number of anilines is 1. The van der Waals surface area contributed by atoms with Crippen LogP contribution in [0.4, 0.5) is 5.82 Å². The van der Waals surface area contributed by atoms with Gasteiger partial charge in [0.1, 0.15) is 17.3 Å². The van der Waals surface area contributed by atoms with Crippen LogP contribution in [0.1, 0.15) is 23.8 Å². The number of carbonyl (C=O) groups excluding carboxylic acids is 2. The molecule has 5 rings (SSSR count). The van der Waals surface area contributed by atoms with Gasteiger partial charge in [-0.25, -0.2) is 9.67 Å². The fraction of sp³-hybridized carbons (Fsp3) is 0.222. The molecule has 12 nitrogen and oxygen atoms in total. The lowest BCUT2D eigenvalue weighted by molar-refractivity contribution is -0.116. The molecule has 0 atom stereocenters. The Morgan fingerprint density at radius 3 is 2.62 bits per heavy atom. The highest BCUT2D eigenvalue weighted by Gasteiger charge is 2.21. The highest BCUT2D eigenvalue weighted by atomic mass is 16.5. The van der Waals surface area contributed by atoms with E-state index in [0.29, 0.717) is 65.4 Å². The second-order valence-electron chi connectivity index (χ2n) is 8.36. The van der Waals surface area contributed by atoms with Crippen LogP contribution in [0.15, 0.2) is 55.0 Å². The predicted octanol–water partition coefficient (Wildman–Crippen LogP) is 3.65. The van der Waals surface area contributed by atoms with E-state index in [0.717, 1.165) is 5.39 Å². The summed E-state index contributed by atoms with van der Waals surface area (Å²) in [4.78, 5) is 33.5. The van der Waals surface area contributed by atoms with Crippen LogP contribution in [0, 0.1) is 0 Å². The number of nitrogens with one attached hydrogen (secondary N) is 2. The first-order chi connectivity index (χ1) is 19.0. The van der Waals surface area contributed by atoms with Crippen LogP contribution in [-0.2, 0) is 4.79 Å². The third-order valence-electron chi connectivity index (χ3n) is 5.88. The molecule has 3 aromatic heterocycles. The Hall–Kier alpha value is -5.13. The van der Waals surface area contributed by atoms with Gasteiger partial charge in [-0.3, -0.25) is 14.6 Å². The number of nitrogens with zero attached hydrogens (tertiary/aromatic N) is 4. The molecule has 2 amide bonds. The molecule has 4 aromatic rings. The summed E-state index contributed by atoms with van der Waals surface area (Å²) in [6, 6.07) is 8.61. The maximum atomic E-state index is 13.0. The summed E-state index contributed by atoms with van der Waals surface area (Å²) in [5, 5.41) is 10.6. The van der Waals surface area contributed by atoms with Gasteiger partial charge in [0.05, 0.1) is 38.7 Å². The molecule has 0 bridgehead atoms. The van der Waals surface area contributed by atoms with Crippen molar-refractivity contribution in [3.63, 3.8) is 0 Å². The van der Waals surface area contributed by atoms with Crippen LogP contribution < -0.4 is 29.6 Å². The van der Waals surface area contributed by atoms with Gasteiger partial charge in [-0.05, 0) is 31.2 Å². The molecule has 4 heterocycles.